The van der Waals surface area contributed by atoms with Gasteiger partial charge in [0.15, 0.2) is 0 Å². The lowest BCUT2D eigenvalue weighted by Crippen LogP contribution is -2.29. The molecule has 0 saturated heterocycles. The van der Waals surface area contributed by atoms with Gasteiger partial charge in [-0.1, -0.05) is 42.8 Å². The van der Waals surface area contributed by atoms with Crippen LogP contribution >= 0.6 is 15.9 Å². The second-order valence-corrected chi connectivity index (χ2v) is 7.21. The Kier molecular flexibility index (Phi) is 5.17. The molecule has 0 amide bonds. The van der Waals surface area contributed by atoms with E-state index in [-0.39, 0.29) is 5.82 Å². The standard InChI is InChI=1S/C20H23BrFN/c1-3-23(12-11-15-6-4-5-14(2)13-15)19-10-8-17-16(19)7-9-18(21)20(17)22/h4-7,9,13,19H,3,8,10-12H2,1-2H3. The SMILES string of the molecule is CCN(CCc1cccc(C)c1)C1CCc2c1ccc(Br)c2F. The van der Waals surface area contributed by atoms with Gasteiger partial charge in [0.05, 0.1) is 4.47 Å². The minimum atomic E-state index is -0.0697. The summed E-state index contributed by atoms with van der Waals surface area (Å²) in [6.07, 6.45) is 2.90. The molecule has 3 rings (SSSR count). The van der Waals surface area contributed by atoms with Gasteiger partial charge in [0, 0.05) is 12.6 Å². The Hall–Kier alpha value is -1.19. The summed E-state index contributed by atoms with van der Waals surface area (Å²) >= 11 is 3.30. The van der Waals surface area contributed by atoms with Crippen molar-refractivity contribution in [1.29, 1.82) is 0 Å². The maximum atomic E-state index is 14.3. The quantitative estimate of drug-likeness (QED) is 0.671. The van der Waals surface area contributed by atoms with Gasteiger partial charge in [0.1, 0.15) is 5.82 Å². The van der Waals surface area contributed by atoms with Crippen molar-refractivity contribution in [2.24, 2.45) is 0 Å². The Labute approximate surface area is 146 Å². The molecule has 0 saturated carbocycles. The molecule has 0 heterocycles. The average Bonchev–Trinajstić information content (AvgIpc) is 2.96. The second kappa shape index (κ2) is 7.14. The smallest absolute Gasteiger partial charge is 0.140 e. The van der Waals surface area contributed by atoms with E-state index in [0.29, 0.717) is 10.5 Å². The van der Waals surface area contributed by atoms with Gasteiger partial charge in [-0.2, -0.15) is 0 Å². The van der Waals surface area contributed by atoms with Crippen molar-refractivity contribution in [1.82, 2.24) is 4.90 Å². The molecule has 0 N–H and O–H groups in total. The van der Waals surface area contributed by atoms with Crippen LogP contribution in [0.25, 0.3) is 0 Å². The van der Waals surface area contributed by atoms with Crippen LogP contribution in [-0.2, 0) is 12.8 Å². The predicted octanol–water partition coefficient (Wildman–Crippen LogP) is 5.45. The fourth-order valence-electron chi connectivity index (χ4n) is 3.66. The number of fused-ring (bicyclic) bond motifs is 1. The highest BCUT2D eigenvalue weighted by molar-refractivity contribution is 9.10. The molecule has 1 nitrogen and oxygen atoms in total. The molecule has 0 fully saturated rings. The molecule has 2 aromatic carbocycles. The Morgan fingerprint density at radius 3 is 2.83 bits per heavy atom. The molecule has 3 heteroatoms. The summed E-state index contributed by atoms with van der Waals surface area (Å²) in [7, 11) is 0. The van der Waals surface area contributed by atoms with E-state index < -0.39 is 0 Å². The fraction of sp³-hybridized carbons (Fsp3) is 0.400. The van der Waals surface area contributed by atoms with Crippen molar-refractivity contribution in [3.05, 3.63) is 68.9 Å². The lowest BCUT2D eigenvalue weighted by Gasteiger charge is -2.28. The number of aryl methyl sites for hydroxylation is 1. The molecule has 0 bridgehead atoms. The summed E-state index contributed by atoms with van der Waals surface area (Å²) in [6.45, 7) is 6.34. The van der Waals surface area contributed by atoms with Crippen molar-refractivity contribution in [2.45, 2.75) is 39.2 Å². The predicted molar refractivity (Wildman–Crippen MR) is 97.3 cm³/mol. The molecular formula is C20H23BrFN. The van der Waals surface area contributed by atoms with E-state index in [1.54, 1.807) is 0 Å². The average molecular weight is 376 g/mol. The Balaban J connectivity index is 1.75. The molecular weight excluding hydrogens is 353 g/mol. The van der Waals surface area contributed by atoms with Crippen molar-refractivity contribution >= 4 is 15.9 Å². The van der Waals surface area contributed by atoms with Crippen LogP contribution in [0.2, 0.25) is 0 Å². The highest BCUT2D eigenvalue weighted by atomic mass is 79.9. The second-order valence-electron chi connectivity index (χ2n) is 6.35. The first-order valence-electron chi connectivity index (χ1n) is 8.36. The summed E-state index contributed by atoms with van der Waals surface area (Å²) in [4.78, 5) is 2.49. The summed E-state index contributed by atoms with van der Waals surface area (Å²) < 4.78 is 14.9. The normalized spacial score (nSPS) is 16.8. The molecule has 0 aliphatic heterocycles. The molecule has 1 unspecified atom stereocenters. The van der Waals surface area contributed by atoms with Crippen LogP contribution in [0.15, 0.2) is 40.9 Å². The number of rotatable bonds is 5. The number of nitrogens with zero attached hydrogens (tertiary/aromatic N) is 1. The van der Waals surface area contributed by atoms with Crippen LogP contribution in [0.5, 0.6) is 0 Å². The van der Waals surface area contributed by atoms with Crippen LogP contribution in [0, 0.1) is 12.7 Å². The molecule has 1 aliphatic rings. The minimum absolute atomic E-state index is 0.0697. The van der Waals surface area contributed by atoms with Gasteiger partial charge < -0.3 is 0 Å². The summed E-state index contributed by atoms with van der Waals surface area (Å²) in [5.74, 6) is -0.0697. The maximum absolute atomic E-state index is 14.3. The largest absolute Gasteiger partial charge is 0.296 e. The Morgan fingerprint density at radius 2 is 2.09 bits per heavy atom. The molecule has 23 heavy (non-hydrogen) atoms. The maximum Gasteiger partial charge on any atom is 0.140 e. The zero-order chi connectivity index (χ0) is 16.4. The van der Waals surface area contributed by atoms with E-state index in [1.165, 1.54) is 16.7 Å². The van der Waals surface area contributed by atoms with Gasteiger partial charge in [-0.05, 0) is 71.4 Å². The van der Waals surface area contributed by atoms with Crippen molar-refractivity contribution in [3.8, 4) is 0 Å². The van der Waals surface area contributed by atoms with E-state index in [4.69, 9.17) is 0 Å². The van der Waals surface area contributed by atoms with Crippen LogP contribution in [0.3, 0.4) is 0 Å². The summed E-state index contributed by atoms with van der Waals surface area (Å²) in [6, 6.07) is 13.0. The van der Waals surface area contributed by atoms with Crippen LogP contribution in [-0.4, -0.2) is 18.0 Å². The summed E-state index contributed by atoms with van der Waals surface area (Å²) in [5.41, 5.74) is 4.77. The van der Waals surface area contributed by atoms with Gasteiger partial charge in [0.2, 0.25) is 0 Å². The first kappa shape index (κ1) is 16.7. The minimum Gasteiger partial charge on any atom is -0.296 e. The monoisotopic (exact) mass is 375 g/mol. The van der Waals surface area contributed by atoms with Crippen LogP contribution < -0.4 is 0 Å². The topological polar surface area (TPSA) is 3.24 Å². The summed E-state index contributed by atoms with van der Waals surface area (Å²) in [5, 5.41) is 0. The lowest BCUT2D eigenvalue weighted by molar-refractivity contribution is 0.209. The molecule has 122 valence electrons. The first-order chi connectivity index (χ1) is 11.1. The van der Waals surface area contributed by atoms with Gasteiger partial charge >= 0.3 is 0 Å². The molecule has 1 aliphatic carbocycles. The number of hydrogen-bond acceptors (Lipinski definition) is 1. The van der Waals surface area contributed by atoms with Gasteiger partial charge in [-0.3, -0.25) is 4.90 Å². The lowest BCUT2D eigenvalue weighted by atomic mass is 10.0. The van der Waals surface area contributed by atoms with Crippen molar-refractivity contribution in [3.63, 3.8) is 0 Å². The third-order valence-corrected chi connectivity index (χ3v) is 5.49. The van der Waals surface area contributed by atoms with E-state index in [0.717, 1.165) is 37.9 Å². The molecule has 0 aromatic heterocycles. The van der Waals surface area contributed by atoms with Crippen molar-refractivity contribution < 1.29 is 4.39 Å². The fourth-order valence-corrected chi connectivity index (χ4v) is 4.04. The Morgan fingerprint density at radius 1 is 1.26 bits per heavy atom. The van der Waals surface area contributed by atoms with Gasteiger partial charge in [-0.25, -0.2) is 4.39 Å². The van der Waals surface area contributed by atoms with Gasteiger partial charge in [-0.15, -0.1) is 0 Å². The number of hydrogen-bond donors (Lipinski definition) is 0. The highest BCUT2D eigenvalue weighted by Gasteiger charge is 2.29. The molecule has 0 spiro atoms. The van der Waals surface area contributed by atoms with E-state index in [1.807, 2.05) is 6.07 Å². The van der Waals surface area contributed by atoms with E-state index in [2.05, 4.69) is 65.0 Å². The third-order valence-electron chi connectivity index (χ3n) is 4.88. The number of benzene rings is 2. The van der Waals surface area contributed by atoms with Crippen LogP contribution in [0.1, 0.15) is 41.6 Å². The Bertz CT molecular complexity index is 698. The highest BCUT2D eigenvalue weighted by Crippen LogP contribution is 2.39. The first-order valence-corrected chi connectivity index (χ1v) is 9.15. The zero-order valence-electron chi connectivity index (χ0n) is 13.8. The van der Waals surface area contributed by atoms with E-state index >= 15 is 0 Å². The zero-order valence-corrected chi connectivity index (χ0v) is 15.4. The number of likely N-dealkylation sites (N-methyl/N-ethyl adjacent to an activating group) is 1. The molecule has 2 aromatic rings. The van der Waals surface area contributed by atoms with Crippen molar-refractivity contribution in [2.75, 3.05) is 13.1 Å². The third kappa shape index (κ3) is 3.51. The van der Waals surface area contributed by atoms with Gasteiger partial charge in [0.25, 0.3) is 0 Å². The number of halogens is 2. The molecule has 1 atom stereocenters. The van der Waals surface area contributed by atoms with Crippen LogP contribution in [0.4, 0.5) is 4.39 Å². The van der Waals surface area contributed by atoms with E-state index in [9.17, 15) is 4.39 Å². The molecule has 0 radical (unpaired) electrons.